The van der Waals surface area contributed by atoms with Gasteiger partial charge in [0.2, 0.25) is 5.88 Å². The third-order valence-electron chi connectivity index (χ3n) is 5.42. The second kappa shape index (κ2) is 12.5. The number of benzene rings is 1. The van der Waals surface area contributed by atoms with Crippen LogP contribution in [0.2, 0.25) is 0 Å². The summed E-state index contributed by atoms with van der Waals surface area (Å²) < 4.78 is 16.5. The molecule has 7 heteroatoms. The maximum absolute atomic E-state index is 10.5. The quantitative estimate of drug-likeness (QED) is 0.413. The Kier molecular flexibility index (Phi) is 9.38. The highest BCUT2D eigenvalue weighted by Crippen LogP contribution is 2.33. The van der Waals surface area contributed by atoms with Crippen molar-refractivity contribution in [3.63, 3.8) is 0 Å². The van der Waals surface area contributed by atoms with Crippen LogP contribution in [-0.4, -0.2) is 74.4 Å². The van der Waals surface area contributed by atoms with Crippen molar-refractivity contribution >= 4 is 5.88 Å². The van der Waals surface area contributed by atoms with Crippen molar-refractivity contribution in [3.05, 3.63) is 35.9 Å². The van der Waals surface area contributed by atoms with Crippen molar-refractivity contribution in [3.8, 4) is 23.6 Å². The van der Waals surface area contributed by atoms with Crippen molar-refractivity contribution in [2.24, 2.45) is 0 Å². The Morgan fingerprint density at radius 1 is 1.26 bits per heavy atom. The minimum Gasteiger partial charge on any atom is -0.389 e. The summed E-state index contributed by atoms with van der Waals surface area (Å²) in [6, 6.07) is 10.1. The first-order valence-corrected chi connectivity index (χ1v) is 10.9. The molecule has 7 nitrogen and oxygen atoms in total. The Labute approximate surface area is 184 Å². The number of rotatable bonds is 12. The summed E-state index contributed by atoms with van der Waals surface area (Å²) in [5, 5.41) is 14.9. The van der Waals surface area contributed by atoms with Gasteiger partial charge in [0.25, 0.3) is 0 Å². The molecule has 2 heterocycles. The third kappa shape index (κ3) is 6.81. The lowest BCUT2D eigenvalue weighted by molar-refractivity contribution is 0.0207. The summed E-state index contributed by atoms with van der Waals surface area (Å²) in [4.78, 5) is 4.44. The van der Waals surface area contributed by atoms with E-state index in [1.165, 1.54) is 6.42 Å². The van der Waals surface area contributed by atoms with Crippen LogP contribution in [0.25, 0.3) is 11.3 Å². The first-order valence-electron chi connectivity index (χ1n) is 10.9. The van der Waals surface area contributed by atoms with Gasteiger partial charge in [-0.25, -0.2) is 0 Å². The number of hydrogen-bond acceptors (Lipinski definition) is 7. The van der Waals surface area contributed by atoms with Crippen molar-refractivity contribution in [1.29, 1.82) is 0 Å². The molecule has 1 saturated heterocycles. The summed E-state index contributed by atoms with van der Waals surface area (Å²) in [5.41, 5.74) is 2.91. The van der Waals surface area contributed by atoms with E-state index in [0.717, 1.165) is 48.6 Å². The molecular formula is C24H33N3O4. The molecule has 0 spiro atoms. The smallest absolute Gasteiger partial charge is 0.232 e. The first kappa shape index (κ1) is 23.3. The molecule has 0 radical (unpaired) electrons. The molecule has 0 bridgehead atoms. The van der Waals surface area contributed by atoms with Crippen LogP contribution in [0.15, 0.2) is 34.9 Å². The molecule has 1 fully saturated rings. The highest BCUT2D eigenvalue weighted by molar-refractivity contribution is 5.68. The fourth-order valence-electron chi connectivity index (χ4n) is 3.89. The zero-order valence-corrected chi connectivity index (χ0v) is 18.3. The summed E-state index contributed by atoms with van der Waals surface area (Å²) in [7, 11) is 1.68. The monoisotopic (exact) mass is 427 g/mol. The molecule has 1 aromatic heterocycles. The second-order valence-electron chi connectivity index (χ2n) is 7.83. The van der Waals surface area contributed by atoms with Crippen LogP contribution >= 0.6 is 0 Å². The SMILES string of the molecule is C#CCOCC(O)CN(CCOC)Cc1c(-c2ccccc2)noc1N1CCCCC1. The molecule has 0 amide bonds. The minimum absolute atomic E-state index is 0.193. The van der Waals surface area contributed by atoms with E-state index in [9.17, 15) is 5.11 Å². The number of anilines is 1. The molecule has 31 heavy (non-hydrogen) atoms. The van der Waals surface area contributed by atoms with Gasteiger partial charge in [0, 0.05) is 45.4 Å². The summed E-state index contributed by atoms with van der Waals surface area (Å²) in [5.74, 6) is 3.26. The van der Waals surface area contributed by atoms with Gasteiger partial charge in [-0.2, -0.15) is 0 Å². The zero-order valence-electron chi connectivity index (χ0n) is 18.3. The zero-order chi connectivity index (χ0) is 21.9. The second-order valence-corrected chi connectivity index (χ2v) is 7.83. The normalized spacial score (nSPS) is 15.2. The van der Waals surface area contributed by atoms with Crippen LogP contribution in [0.4, 0.5) is 5.88 Å². The number of methoxy groups -OCH3 is 1. The van der Waals surface area contributed by atoms with E-state index in [4.69, 9.17) is 20.4 Å². The van der Waals surface area contributed by atoms with E-state index in [0.29, 0.717) is 26.2 Å². The lowest BCUT2D eigenvalue weighted by Crippen LogP contribution is -2.37. The van der Waals surface area contributed by atoms with E-state index in [1.54, 1.807) is 7.11 Å². The molecule has 2 aromatic rings. The number of hydrogen-bond donors (Lipinski definition) is 1. The van der Waals surface area contributed by atoms with E-state index >= 15 is 0 Å². The van der Waals surface area contributed by atoms with Gasteiger partial charge in [-0.3, -0.25) is 4.90 Å². The molecule has 1 aromatic carbocycles. The number of aromatic nitrogens is 1. The van der Waals surface area contributed by atoms with Crippen LogP contribution < -0.4 is 4.90 Å². The van der Waals surface area contributed by atoms with Gasteiger partial charge >= 0.3 is 0 Å². The predicted molar refractivity (Wildman–Crippen MR) is 121 cm³/mol. The van der Waals surface area contributed by atoms with Crippen LogP contribution in [0.5, 0.6) is 0 Å². The number of terminal acetylenes is 1. The Hall–Kier alpha value is -2.37. The fraction of sp³-hybridized carbons (Fsp3) is 0.542. The van der Waals surface area contributed by atoms with Crippen LogP contribution in [0, 0.1) is 12.3 Å². The van der Waals surface area contributed by atoms with Gasteiger partial charge in [0.05, 0.1) is 24.9 Å². The lowest BCUT2D eigenvalue weighted by atomic mass is 10.1. The van der Waals surface area contributed by atoms with Crippen LogP contribution in [0.1, 0.15) is 24.8 Å². The average Bonchev–Trinajstić information content (AvgIpc) is 3.22. The van der Waals surface area contributed by atoms with Crippen molar-refractivity contribution in [2.75, 3.05) is 58.0 Å². The fourth-order valence-corrected chi connectivity index (χ4v) is 3.89. The largest absolute Gasteiger partial charge is 0.389 e. The number of nitrogens with zero attached hydrogens (tertiary/aromatic N) is 3. The van der Waals surface area contributed by atoms with Gasteiger partial charge in [-0.1, -0.05) is 41.4 Å². The molecule has 3 rings (SSSR count). The third-order valence-corrected chi connectivity index (χ3v) is 5.42. The Bertz CT molecular complexity index is 812. The summed E-state index contributed by atoms with van der Waals surface area (Å²) >= 11 is 0. The minimum atomic E-state index is -0.649. The molecular weight excluding hydrogens is 394 g/mol. The lowest BCUT2D eigenvalue weighted by Gasteiger charge is -2.29. The predicted octanol–water partition coefficient (Wildman–Crippen LogP) is 2.79. The molecule has 1 aliphatic heterocycles. The maximum Gasteiger partial charge on any atom is 0.232 e. The van der Waals surface area contributed by atoms with Gasteiger partial charge in [0.1, 0.15) is 12.3 Å². The van der Waals surface area contributed by atoms with Crippen LogP contribution in [0.3, 0.4) is 0 Å². The van der Waals surface area contributed by atoms with Crippen molar-refractivity contribution in [1.82, 2.24) is 10.1 Å². The van der Waals surface area contributed by atoms with E-state index < -0.39 is 6.10 Å². The van der Waals surface area contributed by atoms with Gasteiger partial charge in [0.15, 0.2) is 0 Å². The summed E-state index contributed by atoms with van der Waals surface area (Å²) in [6.07, 6.45) is 8.13. The number of piperidine rings is 1. The highest BCUT2D eigenvalue weighted by atomic mass is 16.5. The first-order chi connectivity index (χ1) is 15.2. The van der Waals surface area contributed by atoms with E-state index in [2.05, 4.69) is 20.9 Å². The number of ether oxygens (including phenoxy) is 2. The molecule has 1 unspecified atom stereocenters. The number of aliphatic hydroxyl groups is 1. The van der Waals surface area contributed by atoms with Crippen LogP contribution in [-0.2, 0) is 16.0 Å². The van der Waals surface area contributed by atoms with Crippen molar-refractivity contribution < 1.29 is 19.1 Å². The number of aliphatic hydroxyl groups excluding tert-OH is 1. The van der Waals surface area contributed by atoms with E-state index in [1.807, 2.05) is 30.3 Å². The molecule has 168 valence electrons. The molecule has 1 aliphatic rings. The Morgan fingerprint density at radius 2 is 2.03 bits per heavy atom. The van der Waals surface area contributed by atoms with Gasteiger partial charge in [-0.05, 0) is 19.3 Å². The van der Waals surface area contributed by atoms with Gasteiger partial charge in [-0.15, -0.1) is 6.42 Å². The van der Waals surface area contributed by atoms with E-state index in [-0.39, 0.29) is 13.2 Å². The molecule has 1 atom stereocenters. The molecule has 0 saturated carbocycles. The topological polar surface area (TPSA) is 71.2 Å². The van der Waals surface area contributed by atoms with Crippen molar-refractivity contribution in [2.45, 2.75) is 31.9 Å². The molecule has 0 aliphatic carbocycles. The molecule has 1 N–H and O–H groups in total. The Morgan fingerprint density at radius 3 is 2.74 bits per heavy atom. The highest BCUT2D eigenvalue weighted by Gasteiger charge is 2.26. The van der Waals surface area contributed by atoms with Gasteiger partial charge < -0.3 is 24.0 Å². The standard InChI is InChI=1S/C24H33N3O4/c1-3-15-30-19-21(28)17-26(14-16-29-2)18-22-23(20-10-6-4-7-11-20)25-31-24(22)27-12-8-5-9-13-27/h1,4,6-7,10-11,21,28H,5,8-9,12-19H2,2H3. The average molecular weight is 428 g/mol. The summed E-state index contributed by atoms with van der Waals surface area (Å²) in [6.45, 7) is 4.58. The maximum atomic E-state index is 10.5. The Balaban J connectivity index is 1.83.